The Kier molecular flexibility index (Phi) is 3.29. The van der Waals surface area contributed by atoms with Crippen LogP contribution in [0.15, 0.2) is 48.9 Å². The molecule has 1 unspecified atom stereocenters. The van der Waals surface area contributed by atoms with Crippen molar-refractivity contribution in [1.82, 2.24) is 19.5 Å². The Morgan fingerprint density at radius 1 is 1.30 bits per heavy atom. The third-order valence-electron chi connectivity index (χ3n) is 4.26. The van der Waals surface area contributed by atoms with Gasteiger partial charge in [0.1, 0.15) is 11.4 Å². The largest absolute Gasteiger partial charge is 0.331 e. The summed E-state index contributed by atoms with van der Waals surface area (Å²) in [5.74, 6) is -0.384. The molecule has 4 rings (SSSR count). The summed E-state index contributed by atoms with van der Waals surface area (Å²) in [7, 11) is 0. The van der Waals surface area contributed by atoms with Crippen LogP contribution in [0.3, 0.4) is 0 Å². The zero-order chi connectivity index (χ0) is 15.8. The Hall–Kier alpha value is -2.76. The number of hydrogen-bond donors (Lipinski definition) is 0. The van der Waals surface area contributed by atoms with E-state index in [-0.39, 0.29) is 17.8 Å². The van der Waals surface area contributed by atoms with E-state index in [1.165, 1.54) is 12.1 Å². The van der Waals surface area contributed by atoms with Crippen molar-refractivity contribution in [2.75, 3.05) is 6.54 Å². The number of nitrogens with zero attached hydrogens (tertiary/aromatic N) is 4. The smallest absolute Gasteiger partial charge is 0.259 e. The van der Waals surface area contributed by atoms with E-state index < -0.39 is 0 Å². The average Bonchev–Trinajstić information content (AvgIpc) is 3.21. The van der Waals surface area contributed by atoms with Gasteiger partial charge in [-0.25, -0.2) is 13.9 Å². The van der Waals surface area contributed by atoms with Crippen molar-refractivity contribution < 1.29 is 9.18 Å². The minimum atomic E-state index is -0.278. The number of carbonyl (C=O) groups excluding carboxylic acids is 1. The van der Waals surface area contributed by atoms with Crippen LogP contribution in [0.4, 0.5) is 4.39 Å². The van der Waals surface area contributed by atoms with Crippen molar-refractivity contribution in [3.63, 3.8) is 0 Å². The molecule has 1 amide bonds. The molecule has 0 bridgehead atoms. The summed E-state index contributed by atoms with van der Waals surface area (Å²) in [6.07, 6.45) is 6.68. The van der Waals surface area contributed by atoms with Crippen molar-refractivity contribution in [3.05, 3.63) is 65.9 Å². The molecule has 23 heavy (non-hydrogen) atoms. The van der Waals surface area contributed by atoms with E-state index in [4.69, 9.17) is 0 Å². The second kappa shape index (κ2) is 5.46. The topological polar surface area (TPSA) is 50.5 Å². The minimum Gasteiger partial charge on any atom is -0.331 e. The molecule has 3 heterocycles. The second-order valence-corrected chi connectivity index (χ2v) is 5.66. The highest BCUT2D eigenvalue weighted by molar-refractivity contribution is 6.00. The van der Waals surface area contributed by atoms with E-state index in [0.29, 0.717) is 17.8 Å². The quantitative estimate of drug-likeness (QED) is 0.731. The zero-order valence-electron chi connectivity index (χ0n) is 12.4. The first-order chi connectivity index (χ1) is 11.2. The van der Waals surface area contributed by atoms with Gasteiger partial charge in [-0.3, -0.25) is 4.79 Å². The average molecular weight is 310 g/mol. The number of hydrogen-bond acceptors (Lipinski definition) is 3. The maximum absolute atomic E-state index is 13.5. The van der Waals surface area contributed by atoms with Crippen molar-refractivity contribution in [2.45, 2.75) is 18.9 Å². The summed E-state index contributed by atoms with van der Waals surface area (Å²) in [5, 5.41) is 4.17. The molecule has 0 aliphatic carbocycles. The van der Waals surface area contributed by atoms with Crippen LogP contribution >= 0.6 is 0 Å². The Morgan fingerprint density at radius 3 is 3.09 bits per heavy atom. The van der Waals surface area contributed by atoms with Gasteiger partial charge < -0.3 is 4.90 Å². The number of rotatable bonds is 2. The highest BCUT2D eigenvalue weighted by Crippen LogP contribution is 2.33. The number of aromatic nitrogens is 3. The Balaban J connectivity index is 1.70. The molecule has 0 N–H and O–H groups in total. The van der Waals surface area contributed by atoms with Crippen LogP contribution in [-0.2, 0) is 0 Å². The SMILES string of the molecule is O=C(c1cnn2cccnc12)N1CCCC1c1cccc(F)c1. The van der Waals surface area contributed by atoms with Gasteiger partial charge in [-0.1, -0.05) is 12.1 Å². The lowest BCUT2D eigenvalue weighted by molar-refractivity contribution is 0.0737. The second-order valence-electron chi connectivity index (χ2n) is 5.66. The fourth-order valence-corrected chi connectivity index (χ4v) is 3.20. The maximum Gasteiger partial charge on any atom is 0.259 e. The van der Waals surface area contributed by atoms with Gasteiger partial charge in [0, 0.05) is 18.9 Å². The molecule has 1 saturated heterocycles. The summed E-state index contributed by atoms with van der Waals surface area (Å²) >= 11 is 0. The van der Waals surface area contributed by atoms with Crippen molar-refractivity contribution in [1.29, 1.82) is 0 Å². The van der Waals surface area contributed by atoms with Gasteiger partial charge in [0.2, 0.25) is 0 Å². The van der Waals surface area contributed by atoms with Crippen molar-refractivity contribution >= 4 is 11.6 Å². The first-order valence-corrected chi connectivity index (χ1v) is 7.59. The fraction of sp³-hybridized carbons (Fsp3) is 0.235. The van der Waals surface area contributed by atoms with Gasteiger partial charge in [0.15, 0.2) is 5.65 Å². The number of fused-ring (bicyclic) bond motifs is 1. The maximum atomic E-state index is 13.5. The van der Waals surface area contributed by atoms with Crippen molar-refractivity contribution in [3.8, 4) is 0 Å². The molecular weight excluding hydrogens is 295 g/mol. The van der Waals surface area contributed by atoms with Gasteiger partial charge in [-0.15, -0.1) is 0 Å². The van der Waals surface area contributed by atoms with E-state index in [1.54, 1.807) is 40.1 Å². The molecule has 6 heteroatoms. The molecule has 2 aromatic heterocycles. The van der Waals surface area contributed by atoms with Crippen LogP contribution in [0.5, 0.6) is 0 Å². The van der Waals surface area contributed by atoms with Gasteiger partial charge in [-0.2, -0.15) is 5.10 Å². The Bertz CT molecular complexity index is 876. The van der Waals surface area contributed by atoms with E-state index in [1.807, 2.05) is 6.07 Å². The molecule has 1 fully saturated rings. The minimum absolute atomic E-state index is 0.100. The first kappa shape index (κ1) is 13.9. The third kappa shape index (κ3) is 2.36. The van der Waals surface area contributed by atoms with Gasteiger partial charge in [0.25, 0.3) is 5.91 Å². The van der Waals surface area contributed by atoms with Crippen LogP contribution in [0.25, 0.3) is 5.65 Å². The molecule has 1 aromatic carbocycles. The van der Waals surface area contributed by atoms with Crippen LogP contribution < -0.4 is 0 Å². The molecule has 5 nitrogen and oxygen atoms in total. The third-order valence-corrected chi connectivity index (χ3v) is 4.26. The summed E-state index contributed by atoms with van der Waals surface area (Å²) in [6.45, 7) is 0.657. The molecule has 0 radical (unpaired) electrons. The molecule has 1 aliphatic rings. The summed E-state index contributed by atoms with van der Waals surface area (Å²) in [6, 6.07) is 8.14. The highest BCUT2D eigenvalue weighted by Gasteiger charge is 2.32. The van der Waals surface area contributed by atoms with E-state index in [9.17, 15) is 9.18 Å². The summed E-state index contributed by atoms with van der Waals surface area (Å²) in [4.78, 5) is 19.0. The standard InChI is InChI=1S/C17H15FN4O/c18-13-5-1-4-12(10-13)15-6-2-8-21(15)17(23)14-11-20-22-9-3-7-19-16(14)22/h1,3-5,7,9-11,15H,2,6,8H2. The van der Waals surface area contributed by atoms with Gasteiger partial charge in [-0.05, 0) is 36.6 Å². The molecule has 3 aromatic rings. The number of benzene rings is 1. The lowest BCUT2D eigenvalue weighted by Crippen LogP contribution is -2.30. The lowest BCUT2D eigenvalue weighted by Gasteiger charge is -2.24. The van der Waals surface area contributed by atoms with Gasteiger partial charge >= 0.3 is 0 Å². The zero-order valence-corrected chi connectivity index (χ0v) is 12.4. The molecule has 1 aliphatic heterocycles. The van der Waals surface area contributed by atoms with Crippen molar-refractivity contribution in [2.24, 2.45) is 0 Å². The van der Waals surface area contributed by atoms with E-state index in [0.717, 1.165) is 18.4 Å². The normalized spacial score (nSPS) is 17.8. The lowest BCUT2D eigenvalue weighted by atomic mass is 10.0. The molecule has 0 saturated carbocycles. The summed E-state index contributed by atoms with van der Waals surface area (Å²) in [5.41, 5.74) is 1.86. The summed E-state index contributed by atoms with van der Waals surface area (Å²) < 4.78 is 15.1. The predicted molar refractivity (Wildman–Crippen MR) is 82.4 cm³/mol. The first-order valence-electron chi connectivity index (χ1n) is 7.59. The number of carbonyl (C=O) groups is 1. The van der Waals surface area contributed by atoms with Crippen LogP contribution in [-0.4, -0.2) is 31.9 Å². The van der Waals surface area contributed by atoms with E-state index in [2.05, 4.69) is 10.1 Å². The fourth-order valence-electron chi connectivity index (χ4n) is 3.20. The Morgan fingerprint density at radius 2 is 2.22 bits per heavy atom. The van der Waals surface area contributed by atoms with Crippen LogP contribution in [0.2, 0.25) is 0 Å². The monoisotopic (exact) mass is 310 g/mol. The number of halogens is 1. The van der Waals surface area contributed by atoms with E-state index >= 15 is 0 Å². The number of likely N-dealkylation sites (tertiary alicyclic amines) is 1. The molecule has 116 valence electrons. The highest BCUT2D eigenvalue weighted by atomic mass is 19.1. The molecular formula is C17H15FN4O. The Labute approximate surface area is 132 Å². The van der Waals surface area contributed by atoms with Crippen LogP contribution in [0, 0.1) is 5.82 Å². The molecule has 1 atom stereocenters. The molecule has 0 spiro atoms. The predicted octanol–water partition coefficient (Wildman–Crippen LogP) is 2.85. The van der Waals surface area contributed by atoms with Gasteiger partial charge in [0.05, 0.1) is 12.2 Å². The van der Waals surface area contributed by atoms with Crippen LogP contribution in [0.1, 0.15) is 34.8 Å². The number of amides is 1.